The van der Waals surface area contributed by atoms with Crippen LogP contribution in [0.3, 0.4) is 0 Å². The maximum atomic E-state index is 12.1. The van der Waals surface area contributed by atoms with Gasteiger partial charge in [-0.25, -0.2) is 0 Å². The molecule has 0 aromatic carbocycles. The van der Waals surface area contributed by atoms with Crippen molar-refractivity contribution in [2.45, 2.75) is 38.3 Å². The molecule has 5 nitrogen and oxygen atoms in total. The number of nitrogens with two attached hydrogens (primary N) is 1. The number of methoxy groups -OCH3 is 1. The van der Waals surface area contributed by atoms with Crippen molar-refractivity contribution in [3.05, 3.63) is 0 Å². The molecule has 1 saturated heterocycles. The van der Waals surface area contributed by atoms with Crippen LogP contribution in [0.15, 0.2) is 0 Å². The normalized spacial score (nSPS) is 19.3. The second-order valence-electron chi connectivity index (χ2n) is 5.15. The number of carbonyl (C=O) groups is 1. The van der Waals surface area contributed by atoms with Crippen molar-refractivity contribution in [3.8, 4) is 0 Å². The van der Waals surface area contributed by atoms with Crippen LogP contribution in [0.4, 0.5) is 0 Å². The molecule has 2 N–H and O–H groups in total. The summed E-state index contributed by atoms with van der Waals surface area (Å²) >= 11 is 0. The highest BCUT2D eigenvalue weighted by molar-refractivity contribution is 5.77. The second-order valence-corrected chi connectivity index (χ2v) is 5.15. The third-order valence-corrected chi connectivity index (χ3v) is 3.82. The highest BCUT2D eigenvalue weighted by Gasteiger charge is 2.25. The maximum Gasteiger partial charge on any atom is 0.224 e. The van der Waals surface area contributed by atoms with E-state index >= 15 is 0 Å². The van der Waals surface area contributed by atoms with E-state index in [2.05, 4.69) is 11.8 Å². The lowest BCUT2D eigenvalue weighted by atomic mass is 10.1. The van der Waals surface area contributed by atoms with Crippen molar-refractivity contribution in [1.82, 2.24) is 9.80 Å². The fourth-order valence-electron chi connectivity index (χ4n) is 2.41. The summed E-state index contributed by atoms with van der Waals surface area (Å²) in [7, 11) is 3.70. The molecule has 0 saturated carbocycles. The Morgan fingerprint density at radius 3 is 2.56 bits per heavy atom. The van der Waals surface area contributed by atoms with Crippen molar-refractivity contribution in [3.63, 3.8) is 0 Å². The first-order valence-corrected chi connectivity index (χ1v) is 6.78. The fourth-order valence-corrected chi connectivity index (χ4v) is 2.41. The fraction of sp³-hybridized carbons (Fsp3) is 0.923. The predicted octanol–water partition coefficient (Wildman–Crippen LogP) is 0.293. The Morgan fingerprint density at radius 1 is 1.44 bits per heavy atom. The van der Waals surface area contributed by atoms with Crippen LogP contribution < -0.4 is 5.73 Å². The summed E-state index contributed by atoms with van der Waals surface area (Å²) in [5.41, 5.74) is 5.80. The molecule has 106 valence electrons. The van der Waals surface area contributed by atoms with Crippen molar-refractivity contribution in [2.24, 2.45) is 5.73 Å². The summed E-state index contributed by atoms with van der Waals surface area (Å²) in [6, 6.07) is 0.373. The van der Waals surface area contributed by atoms with Gasteiger partial charge in [0.1, 0.15) is 0 Å². The molecule has 0 radical (unpaired) electrons. The molecular weight excluding hydrogens is 230 g/mol. The lowest BCUT2D eigenvalue weighted by molar-refractivity contribution is -0.131. The quantitative estimate of drug-likeness (QED) is 0.712. The summed E-state index contributed by atoms with van der Waals surface area (Å²) in [6.07, 6.45) is 2.78. The van der Waals surface area contributed by atoms with Crippen LogP contribution in [0.25, 0.3) is 0 Å². The number of nitrogens with zero attached hydrogens (tertiary/aromatic N) is 2. The van der Waals surface area contributed by atoms with Crippen molar-refractivity contribution in [1.29, 1.82) is 0 Å². The molecule has 1 aliphatic heterocycles. The van der Waals surface area contributed by atoms with Gasteiger partial charge in [0.25, 0.3) is 0 Å². The number of likely N-dealkylation sites (tertiary alicyclic amines) is 1. The molecule has 1 heterocycles. The van der Waals surface area contributed by atoms with E-state index in [1.807, 2.05) is 11.9 Å². The number of carbonyl (C=O) groups excluding carboxylic acids is 1. The third-order valence-electron chi connectivity index (χ3n) is 3.82. The molecule has 2 atom stereocenters. The zero-order chi connectivity index (χ0) is 13.5. The molecule has 5 heteroatoms. The van der Waals surface area contributed by atoms with Gasteiger partial charge in [-0.3, -0.25) is 9.69 Å². The summed E-state index contributed by atoms with van der Waals surface area (Å²) in [5.74, 6) is 0.236. The second kappa shape index (κ2) is 7.71. The van der Waals surface area contributed by atoms with E-state index in [-0.39, 0.29) is 18.0 Å². The SMILES string of the molecule is COCC(C)N(C)C(CN)CC(=O)N1CCCC1. The van der Waals surface area contributed by atoms with Crippen molar-refractivity contribution < 1.29 is 9.53 Å². The predicted molar refractivity (Wildman–Crippen MR) is 72.4 cm³/mol. The van der Waals surface area contributed by atoms with Gasteiger partial charge < -0.3 is 15.4 Å². The summed E-state index contributed by atoms with van der Waals surface area (Å²) in [6.45, 7) is 5.07. The molecule has 0 spiro atoms. The van der Waals surface area contributed by atoms with Gasteiger partial charge in [0.15, 0.2) is 0 Å². The van der Waals surface area contributed by atoms with Gasteiger partial charge in [0, 0.05) is 45.2 Å². The number of ether oxygens (including phenoxy) is 1. The standard InChI is InChI=1S/C13H27N3O2/c1-11(10-18-3)15(2)12(9-14)8-13(17)16-6-4-5-7-16/h11-12H,4-10,14H2,1-3H3. The Labute approximate surface area is 110 Å². The highest BCUT2D eigenvalue weighted by atomic mass is 16.5. The van der Waals surface area contributed by atoms with Gasteiger partial charge in [0.05, 0.1) is 6.61 Å². The highest BCUT2D eigenvalue weighted by Crippen LogP contribution is 2.13. The van der Waals surface area contributed by atoms with Gasteiger partial charge in [-0.2, -0.15) is 0 Å². The number of amides is 1. The average Bonchev–Trinajstić information content (AvgIpc) is 2.89. The van der Waals surface area contributed by atoms with Crippen LogP contribution in [0.5, 0.6) is 0 Å². The van der Waals surface area contributed by atoms with Crippen LogP contribution in [0, 0.1) is 0 Å². The van der Waals surface area contributed by atoms with Gasteiger partial charge in [-0.1, -0.05) is 0 Å². The zero-order valence-electron chi connectivity index (χ0n) is 11.9. The Kier molecular flexibility index (Phi) is 6.60. The summed E-state index contributed by atoms with van der Waals surface area (Å²) in [4.78, 5) is 16.2. The van der Waals surface area contributed by atoms with Crippen LogP contribution in [0.2, 0.25) is 0 Å². The largest absolute Gasteiger partial charge is 0.383 e. The lowest BCUT2D eigenvalue weighted by Gasteiger charge is -2.32. The molecular formula is C13H27N3O2. The number of hydrogen-bond donors (Lipinski definition) is 1. The average molecular weight is 257 g/mol. The lowest BCUT2D eigenvalue weighted by Crippen LogP contribution is -2.47. The van der Waals surface area contributed by atoms with Crippen LogP contribution in [-0.4, -0.2) is 68.2 Å². The first-order chi connectivity index (χ1) is 8.60. The Bertz CT molecular complexity index is 255. The molecule has 1 rings (SSSR count). The molecule has 1 amide bonds. The van der Waals surface area contributed by atoms with Gasteiger partial charge in [-0.05, 0) is 26.8 Å². The molecule has 1 aliphatic rings. The molecule has 0 aromatic rings. The van der Waals surface area contributed by atoms with E-state index in [0.29, 0.717) is 19.6 Å². The van der Waals surface area contributed by atoms with Crippen molar-refractivity contribution in [2.75, 3.05) is 40.4 Å². The third kappa shape index (κ3) is 4.23. The van der Waals surface area contributed by atoms with Crippen molar-refractivity contribution >= 4 is 5.91 Å². The number of likely N-dealkylation sites (N-methyl/N-ethyl adjacent to an activating group) is 1. The summed E-state index contributed by atoms with van der Waals surface area (Å²) in [5, 5.41) is 0. The molecule has 2 unspecified atom stereocenters. The summed E-state index contributed by atoms with van der Waals surface area (Å²) < 4.78 is 5.15. The monoisotopic (exact) mass is 257 g/mol. The van der Waals surface area contributed by atoms with Crippen LogP contribution in [-0.2, 0) is 9.53 Å². The molecule has 1 fully saturated rings. The van der Waals surface area contributed by atoms with Gasteiger partial charge in [-0.15, -0.1) is 0 Å². The Morgan fingerprint density at radius 2 is 2.06 bits per heavy atom. The van der Waals surface area contributed by atoms with E-state index in [1.54, 1.807) is 7.11 Å². The van der Waals surface area contributed by atoms with E-state index in [1.165, 1.54) is 0 Å². The molecule has 0 aromatic heterocycles. The van der Waals surface area contributed by atoms with E-state index in [4.69, 9.17) is 10.5 Å². The van der Waals surface area contributed by atoms with Crippen LogP contribution in [0.1, 0.15) is 26.2 Å². The minimum atomic E-state index is 0.100. The topological polar surface area (TPSA) is 58.8 Å². The van der Waals surface area contributed by atoms with E-state index in [9.17, 15) is 4.79 Å². The number of rotatable bonds is 7. The van der Waals surface area contributed by atoms with Gasteiger partial charge >= 0.3 is 0 Å². The first-order valence-electron chi connectivity index (χ1n) is 6.78. The smallest absolute Gasteiger partial charge is 0.224 e. The minimum Gasteiger partial charge on any atom is -0.383 e. The first kappa shape index (κ1) is 15.4. The Balaban J connectivity index is 2.46. The minimum absolute atomic E-state index is 0.100. The van der Waals surface area contributed by atoms with Gasteiger partial charge in [0.2, 0.25) is 5.91 Å². The molecule has 0 bridgehead atoms. The van der Waals surface area contributed by atoms with Crippen LogP contribution >= 0.6 is 0 Å². The number of hydrogen-bond acceptors (Lipinski definition) is 4. The molecule has 18 heavy (non-hydrogen) atoms. The van der Waals surface area contributed by atoms with E-state index in [0.717, 1.165) is 25.9 Å². The Hall–Kier alpha value is -0.650. The van der Waals surface area contributed by atoms with E-state index < -0.39 is 0 Å². The molecule has 0 aliphatic carbocycles. The zero-order valence-corrected chi connectivity index (χ0v) is 11.9. The maximum absolute atomic E-state index is 12.1.